The van der Waals surface area contributed by atoms with Gasteiger partial charge in [0.25, 0.3) is 0 Å². The molecule has 0 bridgehead atoms. The maximum atomic E-state index is 3.93. The monoisotopic (exact) mass is 157 g/mol. The minimum atomic E-state index is 0.565. The average molecular weight is 157 g/mol. The summed E-state index contributed by atoms with van der Waals surface area (Å²) in [5, 5.41) is 19.9. The molecule has 0 radical (unpaired) electrons. The molecule has 3 rings (SSSR count). The summed E-state index contributed by atoms with van der Waals surface area (Å²) in [5.41, 5.74) is 1.62. The van der Waals surface area contributed by atoms with Gasteiger partial charge in [-0.25, -0.2) is 0 Å². The molecule has 0 aliphatic carbocycles. The molecule has 0 spiro atoms. The number of rotatable bonds is 0. The molecule has 56 valence electrons. The number of hydrogen-bond donors (Lipinski definition) is 0. The Balaban J connectivity index is 2.64. The van der Waals surface area contributed by atoms with Crippen LogP contribution in [0, 0.1) is 0 Å². The van der Waals surface area contributed by atoms with Gasteiger partial charge in [0, 0.05) is 0 Å². The van der Waals surface area contributed by atoms with E-state index in [9.17, 15) is 0 Å². The standard InChI is InChI=1S/C7H3N5/c1-2-4-6-5(3-1)9-12-11-7(6)10-8-4/h1-3H. The lowest BCUT2D eigenvalue weighted by Gasteiger charge is -1.92. The van der Waals surface area contributed by atoms with Gasteiger partial charge in [0.2, 0.25) is 5.82 Å². The van der Waals surface area contributed by atoms with Gasteiger partial charge in [-0.15, -0.1) is 20.4 Å². The Bertz CT molecular complexity index is 449. The van der Waals surface area contributed by atoms with Crippen LogP contribution in [0.3, 0.4) is 0 Å². The quantitative estimate of drug-likeness (QED) is 0.499. The highest BCUT2D eigenvalue weighted by atomic mass is 15.4. The van der Waals surface area contributed by atoms with Crippen molar-refractivity contribution in [2.75, 3.05) is 0 Å². The highest BCUT2D eigenvalue weighted by Gasteiger charge is 2.13. The van der Waals surface area contributed by atoms with Crippen LogP contribution in [0.2, 0.25) is 0 Å². The summed E-state index contributed by atoms with van der Waals surface area (Å²) in [7, 11) is 0. The second-order valence-electron chi connectivity index (χ2n) is 2.48. The van der Waals surface area contributed by atoms with E-state index in [1.165, 1.54) is 0 Å². The van der Waals surface area contributed by atoms with Gasteiger partial charge in [-0.2, -0.15) is 0 Å². The molecule has 0 fully saturated rings. The van der Waals surface area contributed by atoms with Crippen molar-refractivity contribution in [3.05, 3.63) is 18.2 Å². The molecule has 1 aliphatic heterocycles. The zero-order valence-electron chi connectivity index (χ0n) is 5.97. The zero-order valence-corrected chi connectivity index (χ0v) is 5.97. The molecule has 0 amide bonds. The zero-order chi connectivity index (χ0) is 7.97. The first kappa shape index (κ1) is 5.70. The Morgan fingerprint density at radius 2 is 2.00 bits per heavy atom. The van der Waals surface area contributed by atoms with Crippen LogP contribution in [-0.4, -0.2) is 15.4 Å². The van der Waals surface area contributed by atoms with Crippen molar-refractivity contribution in [1.29, 1.82) is 0 Å². The molecule has 5 nitrogen and oxygen atoms in total. The minimum absolute atomic E-state index is 0.565. The van der Waals surface area contributed by atoms with Crippen LogP contribution < -0.4 is 0 Å². The number of nitrogens with zero attached hydrogens (tertiary/aromatic N) is 5. The minimum Gasteiger partial charge on any atom is -0.148 e. The fourth-order valence-corrected chi connectivity index (χ4v) is 1.26. The molecule has 0 saturated heterocycles. The van der Waals surface area contributed by atoms with Crippen molar-refractivity contribution in [1.82, 2.24) is 15.4 Å². The summed E-state index contributed by atoms with van der Waals surface area (Å²) < 4.78 is 0. The summed E-state index contributed by atoms with van der Waals surface area (Å²) >= 11 is 0. The first-order chi connectivity index (χ1) is 5.95. The van der Waals surface area contributed by atoms with E-state index in [2.05, 4.69) is 25.6 Å². The molecule has 1 aromatic heterocycles. The van der Waals surface area contributed by atoms with Crippen LogP contribution in [0.5, 0.6) is 0 Å². The maximum absolute atomic E-state index is 3.93. The van der Waals surface area contributed by atoms with E-state index in [0.29, 0.717) is 5.82 Å². The van der Waals surface area contributed by atoms with Crippen molar-refractivity contribution < 1.29 is 0 Å². The van der Waals surface area contributed by atoms with Crippen molar-refractivity contribution in [2.45, 2.75) is 0 Å². The van der Waals surface area contributed by atoms with E-state index >= 15 is 0 Å². The number of azo groups is 1. The van der Waals surface area contributed by atoms with Crippen LogP contribution in [0.1, 0.15) is 0 Å². The summed E-state index contributed by atoms with van der Waals surface area (Å²) in [6, 6.07) is 5.62. The van der Waals surface area contributed by atoms with E-state index in [1.54, 1.807) is 0 Å². The molecule has 2 heterocycles. The van der Waals surface area contributed by atoms with Crippen LogP contribution in [0.15, 0.2) is 28.4 Å². The molecule has 1 aromatic carbocycles. The third kappa shape index (κ3) is 0.554. The molecule has 0 atom stereocenters. The second kappa shape index (κ2) is 1.82. The van der Waals surface area contributed by atoms with Gasteiger partial charge in [0.1, 0.15) is 5.52 Å². The smallest absolute Gasteiger partial charge is 0.148 e. The van der Waals surface area contributed by atoms with Crippen LogP contribution in [-0.2, 0) is 0 Å². The van der Waals surface area contributed by atoms with E-state index in [-0.39, 0.29) is 0 Å². The van der Waals surface area contributed by atoms with E-state index in [4.69, 9.17) is 0 Å². The SMILES string of the molecule is c1cc2c3c(nnnc3c1)N=N2. The van der Waals surface area contributed by atoms with Gasteiger partial charge in [0.15, 0.2) is 0 Å². The van der Waals surface area contributed by atoms with Crippen molar-refractivity contribution in [3.63, 3.8) is 0 Å². The Labute approximate surface area is 67.1 Å². The highest BCUT2D eigenvalue weighted by Crippen LogP contribution is 2.36. The molecule has 0 saturated carbocycles. The number of benzene rings is 1. The van der Waals surface area contributed by atoms with Crippen LogP contribution in [0.25, 0.3) is 10.9 Å². The average Bonchev–Trinajstić information content (AvgIpc) is 2.52. The van der Waals surface area contributed by atoms with Gasteiger partial charge in [-0.05, 0) is 17.3 Å². The van der Waals surface area contributed by atoms with Crippen LogP contribution >= 0.6 is 0 Å². The molecular weight excluding hydrogens is 154 g/mol. The van der Waals surface area contributed by atoms with E-state index in [1.807, 2.05) is 18.2 Å². The highest BCUT2D eigenvalue weighted by molar-refractivity contribution is 5.98. The van der Waals surface area contributed by atoms with Gasteiger partial charge >= 0.3 is 0 Å². The van der Waals surface area contributed by atoms with Crippen molar-refractivity contribution in [2.24, 2.45) is 10.2 Å². The first-order valence-corrected chi connectivity index (χ1v) is 3.49. The van der Waals surface area contributed by atoms with Gasteiger partial charge in [0.05, 0.1) is 11.1 Å². The molecule has 0 N–H and O–H groups in total. The fraction of sp³-hybridized carbons (Fsp3) is 0. The number of hydrogen-bond acceptors (Lipinski definition) is 5. The topological polar surface area (TPSA) is 63.4 Å². The Morgan fingerprint density at radius 3 is 3.00 bits per heavy atom. The summed E-state index contributed by atoms with van der Waals surface area (Å²) in [6.07, 6.45) is 0. The van der Waals surface area contributed by atoms with E-state index < -0.39 is 0 Å². The lowest BCUT2D eigenvalue weighted by atomic mass is 10.2. The molecule has 1 aliphatic rings. The molecule has 12 heavy (non-hydrogen) atoms. The van der Waals surface area contributed by atoms with Gasteiger partial charge in [-0.1, -0.05) is 6.07 Å². The normalized spacial score (nSPS) is 12.7. The van der Waals surface area contributed by atoms with Crippen molar-refractivity contribution >= 4 is 22.4 Å². The summed E-state index contributed by atoms with van der Waals surface area (Å²) in [6.45, 7) is 0. The Hall–Kier alpha value is -1.91. The first-order valence-electron chi connectivity index (χ1n) is 3.49. The van der Waals surface area contributed by atoms with Crippen molar-refractivity contribution in [3.8, 4) is 0 Å². The summed E-state index contributed by atoms with van der Waals surface area (Å²) in [5.74, 6) is 0.565. The third-order valence-corrected chi connectivity index (χ3v) is 1.79. The Morgan fingerprint density at radius 1 is 1.00 bits per heavy atom. The molecular formula is C7H3N5. The van der Waals surface area contributed by atoms with E-state index in [0.717, 1.165) is 16.6 Å². The van der Waals surface area contributed by atoms with Crippen LogP contribution in [0.4, 0.5) is 11.5 Å². The molecule has 0 unspecified atom stereocenters. The Kier molecular flexibility index (Phi) is 0.864. The molecule has 2 aromatic rings. The van der Waals surface area contributed by atoms with Gasteiger partial charge in [-0.3, -0.25) is 0 Å². The lowest BCUT2D eigenvalue weighted by molar-refractivity contribution is 0.893. The fourth-order valence-electron chi connectivity index (χ4n) is 1.26. The third-order valence-electron chi connectivity index (χ3n) is 1.79. The summed E-state index contributed by atoms with van der Waals surface area (Å²) in [4.78, 5) is 0. The second-order valence-corrected chi connectivity index (χ2v) is 2.48. The predicted molar refractivity (Wildman–Crippen MR) is 41.5 cm³/mol. The predicted octanol–water partition coefficient (Wildman–Crippen LogP) is 1.75. The largest absolute Gasteiger partial charge is 0.209 e. The van der Waals surface area contributed by atoms with Gasteiger partial charge < -0.3 is 0 Å². The maximum Gasteiger partial charge on any atom is 0.209 e. The molecule has 5 heteroatoms. The lowest BCUT2D eigenvalue weighted by Crippen LogP contribution is -1.86. The number of aromatic nitrogens is 3.